The maximum Gasteiger partial charge on any atom is 0.253 e. The third-order valence-electron chi connectivity index (χ3n) is 3.08. The maximum atomic E-state index is 12.4. The van der Waals surface area contributed by atoms with E-state index in [2.05, 4.69) is 5.32 Å². The molecule has 2 saturated heterocycles. The van der Waals surface area contributed by atoms with E-state index < -0.39 is 12.5 Å². The molecule has 2 aliphatic heterocycles. The van der Waals surface area contributed by atoms with Crippen molar-refractivity contribution in [1.29, 1.82) is 0 Å². The minimum Gasteiger partial charge on any atom is -0.315 e. The third kappa shape index (κ3) is 1.13. The third-order valence-corrected chi connectivity index (χ3v) is 3.08. The molecule has 2 fully saturated rings. The fourth-order valence-electron chi connectivity index (χ4n) is 2.33. The van der Waals surface area contributed by atoms with Crippen molar-refractivity contribution in [1.82, 2.24) is 10.2 Å². The van der Waals surface area contributed by atoms with Crippen molar-refractivity contribution in [3.63, 3.8) is 0 Å². The highest BCUT2D eigenvalue weighted by Gasteiger charge is 2.48. The van der Waals surface area contributed by atoms with Crippen LogP contribution in [0.5, 0.6) is 0 Å². The SMILES string of the molecule is CN1CC2(CNC2)CC1C(F)F. The van der Waals surface area contributed by atoms with Gasteiger partial charge in [0.25, 0.3) is 6.43 Å². The standard InChI is InChI=1S/C8H14F2N2/c1-12-5-8(3-11-4-8)2-6(12)7(9)10/h6-7,11H,2-5H2,1H3. The van der Waals surface area contributed by atoms with Crippen LogP contribution in [0.2, 0.25) is 0 Å². The van der Waals surface area contributed by atoms with Crippen molar-refractivity contribution in [2.45, 2.75) is 18.9 Å². The summed E-state index contributed by atoms with van der Waals surface area (Å²) in [4.78, 5) is 1.80. The van der Waals surface area contributed by atoms with Crippen LogP contribution in [0.25, 0.3) is 0 Å². The molecule has 2 aliphatic rings. The Kier molecular flexibility index (Phi) is 1.84. The summed E-state index contributed by atoms with van der Waals surface area (Å²) in [6, 6.07) is -0.507. The van der Waals surface area contributed by atoms with Gasteiger partial charge in [-0.1, -0.05) is 0 Å². The predicted molar refractivity (Wildman–Crippen MR) is 42.3 cm³/mol. The molecule has 0 aromatic rings. The van der Waals surface area contributed by atoms with Crippen molar-refractivity contribution in [2.75, 3.05) is 26.7 Å². The van der Waals surface area contributed by atoms with E-state index in [-0.39, 0.29) is 5.41 Å². The van der Waals surface area contributed by atoms with E-state index in [1.807, 2.05) is 0 Å². The smallest absolute Gasteiger partial charge is 0.253 e. The van der Waals surface area contributed by atoms with Crippen LogP contribution in [0.4, 0.5) is 8.78 Å². The Morgan fingerprint density at radius 2 is 2.17 bits per heavy atom. The Hall–Kier alpha value is -0.220. The topological polar surface area (TPSA) is 15.3 Å². The molecular formula is C8H14F2N2. The van der Waals surface area contributed by atoms with Crippen LogP contribution in [0, 0.1) is 5.41 Å². The second-order valence-corrected chi connectivity index (χ2v) is 4.12. The number of nitrogens with zero attached hydrogens (tertiary/aromatic N) is 1. The van der Waals surface area contributed by atoms with Crippen LogP contribution in [-0.4, -0.2) is 44.0 Å². The first-order valence-electron chi connectivity index (χ1n) is 4.32. The van der Waals surface area contributed by atoms with Gasteiger partial charge in [-0.25, -0.2) is 8.78 Å². The van der Waals surface area contributed by atoms with Crippen molar-refractivity contribution < 1.29 is 8.78 Å². The zero-order chi connectivity index (χ0) is 8.77. The van der Waals surface area contributed by atoms with E-state index in [9.17, 15) is 8.78 Å². The van der Waals surface area contributed by atoms with Gasteiger partial charge in [0.1, 0.15) is 0 Å². The number of hydrogen-bond donors (Lipinski definition) is 1. The molecule has 2 rings (SSSR count). The summed E-state index contributed by atoms with van der Waals surface area (Å²) in [5, 5.41) is 3.15. The number of alkyl halides is 2. The van der Waals surface area contributed by atoms with Gasteiger partial charge in [-0.15, -0.1) is 0 Å². The van der Waals surface area contributed by atoms with Gasteiger partial charge in [0.2, 0.25) is 0 Å². The molecule has 0 aromatic heterocycles. The molecule has 2 heterocycles. The molecule has 0 aromatic carbocycles. The van der Waals surface area contributed by atoms with Gasteiger partial charge in [-0.2, -0.15) is 0 Å². The predicted octanol–water partition coefficient (Wildman–Crippen LogP) is 0.545. The van der Waals surface area contributed by atoms with E-state index in [4.69, 9.17) is 0 Å². The highest BCUT2D eigenvalue weighted by molar-refractivity contribution is 5.03. The largest absolute Gasteiger partial charge is 0.315 e. The van der Waals surface area contributed by atoms with Gasteiger partial charge in [-0.05, 0) is 13.5 Å². The van der Waals surface area contributed by atoms with Crippen molar-refractivity contribution >= 4 is 0 Å². The fourth-order valence-corrected chi connectivity index (χ4v) is 2.33. The minimum atomic E-state index is -2.19. The minimum absolute atomic E-state index is 0.176. The van der Waals surface area contributed by atoms with Gasteiger partial charge >= 0.3 is 0 Å². The number of halogens is 2. The first kappa shape index (κ1) is 8.38. The molecular weight excluding hydrogens is 162 g/mol. The lowest BCUT2D eigenvalue weighted by molar-refractivity contribution is 0.0579. The quantitative estimate of drug-likeness (QED) is 0.627. The molecule has 1 unspecified atom stereocenters. The Bertz CT molecular complexity index is 180. The normalized spacial score (nSPS) is 34.5. The molecule has 0 radical (unpaired) electrons. The van der Waals surface area contributed by atoms with Gasteiger partial charge in [0, 0.05) is 25.0 Å². The van der Waals surface area contributed by atoms with Gasteiger partial charge < -0.3 is 5.32 Å². The molecule has 0 aliphatic carbocycles. The van der Waals surface area contributed by atoms with Crippen molar-refractivity contribution in [3.8, 4) is 0 Å². The first-order valence-corrected chi connectivity index (χ1v) is 4.32. The highest BCUT2D eigenvalue weighted by atomic mass is 19.3. The maximum absolute atomic E-state index is 12.4. The van der Waals surface area contributed by atoms with Crippen molar-refractivity contribution in [2.24, 2.45) is 5.41 Å². The Balaban J connectivity index is 2.02. The lowest BCUT2D eigenvalue weighted by Crippen LogP contribution is -2.54. The van der Waals surface area contributed by atoms with Crippen molar-refractivity contribution in [3.05, 3.63) is 0 Å². The summed E-state index contributed by atoms with van der Waals surface area (Å²) in [5.74, 6) is 0. The Morgan fingerprint density at radius 1 is 1.50 bits per heavy atom. The fraction of sp³-hybridized carbons (Fsp3) is 1.00. The second kappa shape index (κ2) is 2.64. The van der Waals surface area contributed by atoms with Crippen LogP contribution < -0.4 is 5.32 Å². The molecule has 0 saturated carbocycles. The molecule has 0 amide bonds. The van der Waals surface area contributed by atoms with Crippen LogP contribution in [0.1, 0.15) is 6.42 Å². The molecule has 0 bridgehead atoms. The van der Waals surface area contributed by atoms with Crippen LogP contribution in [-0.2, 0) is 0 Å². The van der Waals surface area contributed by atoms with E-state index in [0.717, 1.165) is 19.6 Å². The highest BCUT2D eigenvalue weighted by Crippen LogP contribution is 2.38. The number of nitrogens with one attached hydrogen (secondary N) is 1. The van der Waals surface area contributed by atoms with E-state index in [1.165, 1.54) is 0 Å². The zero-order valence-corrected chi connectivity index (χ0v) is 7.19. The average molecular weight is 176 g/mol. The number of rotatable bonds is 1. The van der Waals surface area contributed by atoms with Crippen LogP contribution in [0.15, 0.2) is 0 Å². The van der Waals surface area contributed by atoms with E-state index >= 15 is 0 Å². The summed E-state index contributed by atoms with van der Waals surface area (Å²) in [6.07, 6.45) is -1.52. The molecule has 12 heavy (non-hydrogen) atoms. The van der Waals surface area contributed by atoms with E-state index in [1.54, 1.807) is 11.9 Å². The van der Waals surface area contributed by atoms with Gasteiger partial charge in [-0.3, -0.25) is 4.90 Å². The van der Waals surface area contributed by atoms with Gasteiger partial charge in [0.05, 0.1) is 6.04 Å². The monoisotopic (exact) mass is 176 g/mol. The summed E-state index contributed by atoms with van der Waals surface area (Å²) in [5.41, 5.74) is 0.176. The molecule has 1 atom stereocenters. The lowest BCUT2D eigenvalue weighted by atomic mass is 9.80. The van der Waals surface area contributed by atoms with Crippen LogP contribution >= 0.6 is 0 Å². The number of likely N-dealkylation sites (tertiary alicyclic amines) is 1. The van der Waals surface area contributed by atoms with Crippen LogP contribution in [0.3, 0.4) is 0 Å². The summed E-state index contributed by atoms with van der Waals surface area (Å²) in [7, 11) is 1.80. The zero-order valence-electron chi connectivity index (χ0n) is 7.19. The molecule has 4 heteroatoms. The second-order valence-electron chi connectivity index (χ2n) is 4.12. The summed E-state index contributed by atoms with van der Waals surface area (Å²) in [6.45, 7) is 2.66. The molecule has 1 N–H and O–H groups in total. The Morgan fingerprint density at radius 3 is 2.42 bits per heavy atom. The lowest BCUT2D eigenvalue weighted by Gasteiger charge is -2.39. The summed E-state index contributed by atoms with van der Waals surface area (Å²) < 4.78 is 24.9. The summed E-state index contributed by atoms with van der Waals surface area (Å²) >= 11 is 0. The molecule has 70 valence electrons. The molecule has 2 nitrogen and oxygen atoms in total. The average Bonchev–Trinajstić information content (AvgIpc) is 2.26. The van der Waals surface area contributed by atoms with E-state index in [0.29, 0.717) is 6.42 Å². The first-order chi connectivity index (χ1) is 5.63. The Labute approximate surface area is 70.9 Å². The molecule has 1 spiro atoms. The van der Waals surface area contributed by atoms with Gasteiger partial charge in [0.15, 0.2) is 0 Å². The number of hydrogen-bond acceptors (Lipinski definition) is 2.